The lowest BCUT2D eigenvalue weighted by molar-refractivity contribution is 0.232. The highest BCUT2D eigenvalue weighted by molar-refractivity contribution is 5.93. The average molecular weight is 852 g/mol. The van der Waals surface area contributed by atoms with Crippen molar-refractivity contribution in [2.75, 3.05) is 0 Å². The third-order valence-electron chi connectivity index (χ3n) is 16.2. The minimum atomic E-state index is 0.103. The smallest absolute Gasteiger partial charge is 0.164 e. The van der Waals surface area contributed by atoms with Crippen molar-refractivity contribution in [1.29, 1.82) is 0 Å². The number of nitrogens with zero attached hydrogens (tertiary/aromatic N) is 3. The van der Waals surface area contributed by atoms with E-state index < -0.39 is 0 Å². The highest BCUT2D eigenvalue weighted by atomic mass is 15.0. The van der Waals surface area contributed by atoms with Crippen LogP contribution in [0.5, 0.6) is 0 Å². The zero-order valence-corrected chi connectivity index (χ0v) is 37.5. The molecule has 1 heterocycles. The Kier molecular flexibility index (Phi) is 9.48. The van der Waals surface area contributed by atoms with Crippen LogP contribution in [0.3, 0.4) is 0 Å². The number of rotatable bonds is 6. The molecule has 320 valence electrons. The summed E-state index contributed by atoms with van der Waals surface area (Å²) in [4.78, 5) is 15.1. The summed E-state index contributed by atoms with van der Waals surface area (Å²) in [7, 11) is 0. The van der Waals surface area contributed by atoms with Gasteiger partial charge in [-0.3, -0.25) is 0 Å². The maximum atomic E-state index is 5.07. The lowest BCUT2D eigenvalue weighted by Crippen LogP contribution is -2.35. The first-order valence-corrected chi connectivity index (χ1v) is 24.5. The fraction of sp³-hybridized carbons (Fsp3) is 0.222. The molecule has 3 nitrogen and oxygen atoms in total. The normalized spacial score (nSPS) is 19.6. The van der Waals surface area contributed by atoms with Gasteiger partial charge in [-0.1, -0.05) is 214 Å². The van der Waals surface area contributed by atoms with E-state index in [2.05, 4.69) is 164 Å². The molecule has 0 saturated heterocycles. The Balaban J connectivity index is 0.832. The van der Waals surface area contributed by atoms with E-state index in [-0.39, 0.29) is 10.8 Å². The summed E-state index contributed by atoms with van der Waals surface area (Å²) in [5.41, 5.74) is 20.1. The zero-order valence-electron chi connectivity index (χ0n) is 37.5. The first kappa shape index (κ1) is 39.4. The summed E-state index contributed by atoms with van der Waals surface area (Å²) < 4.78 is 0. The Labute approximate surface area is 389 Å². The second kappa shape index (κ2) is 15.9. The molecular formula is C63H53N3. The number of fused-ring (bicyclic) bond motifs is 10. The van der Waals surface area contributed by atoms with Crippen LogP contribution in [-0.2, 0) is 10.8 Å². The summed E-state index contributed by atoms with van der Waals surface area (Å²) in [6.45, 7) is 0. The van der Waals surface area contributed by atoms with E-state index in [1.165, 1.54) is 97.6 Å². The standard InChI is InChI=1S/C63H53N3/c1-5-16-42(17-6-1)43-24-28-46(29-25-43)60-64-59(45-18-7-2-8-19-45)65-61(66-60)47-30-26-44(27-31-47)48-20-15-21-49(38-48)50-32-33-52-54-41-57-53(40-58(54)63(56(52)39-50)36-13-4-14-37-63)51-22-9-10-23-55(51)62(57)34-11-3-12-35-62/h1-2,5-10,15-33,38-41,53,57H,3-4,11-14,34-37H2. The monoisotopic (exact) mass is 851 g/mol. The summed E-state index contributed by atoms with van der Waals surface area (Å²) in [5, 5.41) is 0. The predicted octanol–water partition coefficient (Wildman–Crippen LogP) is 16.0. The maximum Gasteiger partial charge on any atom is 0.164 e. The van der Waals surface area contributed by atoms with Crippen molar-refractivity contribution < 1.29 is 0 Å². The van der Waals surface area contributed by atoms with Gasteiger partial charge in [0.2, 0.25) is 0 Å². The second-order valence-corrected chi connectivity index (χ2v) is 19.7. The molecule has 0 N–H and O–H groups in total. The van der Waals surface area contributed by atoms with Crippen LogP contribution in [0.25, 0.3) is 73.1 Å². The molecule has 0 aliphatic heterocycles. The molecule has 3 heteroatoms. The van der Waals surface area contributed by atoms with E-state index in [0.717, 1.165) is 22.3 Å². The van der Waals surface area contributed by atoms with Crippen molar-refractivity contribution in [2.45, 2.75) is 81.0 Å². The van der Waals surface area contributed by atoms with E-state index in [4.69, 9.17) is 15.0 Å². The van der Waals surface area contributed by atoms with Gasteiger partial charge in [0.15, 0.2) is 17.5 Å². The van der Waals surface area contributed by atoms with Crippen molar-refractivity contribution in [3.8, 4) is 67.5 Å². The quantitative estimate of drug-likeness (QED) is 0.167. The van der Waals surface area contributed by atoms with E-state index in [0.29, 0.717) is 29.3 Å². The Morgan fingerprint density at radius 2 is 0.833 bits per heavy atom. The minimum absolute atomic E-state index is 0.103. The molecule has 2 fully saturated rings. The summed E-state index contributed by atoms with van der Waals surface area (Å²) >= 11 is 0. The molecule has 5 aliphatic carbocycles. The van der Waals surface area contributed by atoms with Crippen molar-refractivity contribution in [1.82, 2.24) is 15.0 Å². The van der Waals surface area contributed by atoms with Gasteiger partial charge in [0.1, 0.15) is 0 Å². The molecule has 0 amide bonds. The number of benzene rings is 7. The predicted molar refractivity (Wildman–Crippen MR) is 271 cm³/mol. The van der Waals surface area contributed by atoms with Gasteiger partial charge < -0.3 is 0 Å². The lowest BCUT2D eigenvalue weighted by atomic mass is 9.61. The number of allylic oxidation sites excluding steroid dienone is 4. The van der Waals surface area contributed by atoms with Gasteiger partial charge in [-0.25, -0.2) is 15.0 Å². The molecule has 0 bridgehead atoms. The van der Waals surface area contributed by atoms with Gasteiger partial charge in [-0.2, -0.15) is 0 Å². The van der Waals surface area contributed by atoms with Crippen molar-refractivity contribution in [3.63, 3.8) is 0 Å². The fourth-order valence-electron chi connectivity index (χ4n) is 13.1. The van der Waals surface area contributed by atoms with Gasteiger partial charge in [-0.05, 0) is 111 Å². The fourth-order valence-corrected chi connectivity index (χ4v) is 13.1. The van der Waals surface area contributed by atoms with Gasteiger partial charge in [0, 0.05) is 33.4 Å². The Morgan fingerprint density at radius 1 is 0.364 bits per heavy atom. The van der Waals surface area contributed by atoms with Gasteiger partial charge in [0.05, 0.1) is 0 Å². The minimum Gasteiger partial charge on any atom is -0.208 e. The molecule has 2 saturated carbocycles. The van der Waals surface area contributed by atoms with Crippen LogP contribution in [0.1, 0.15) is 92.4 Å². The van der Waals surface area contributed by atoms with Gasteiger partial charge >= 0.3 is 0 Å². The van der Waals surface area contributed by atoms with Crippen LogP contribution in [0.2, 0.25) is 0 Å². The van der Waals surface area contributed by atoms with Crippen LogP contribution >= 0.6 is 0 Å². The summed E-state index contributed by atoms with van der Waals surface area (Å²) in [6.07, 6.45) is 18.8. The first-order valence-electron chi connectivity index (χ1n) is 24.5. The average Bonchev–Trinajstić information content (AvgIpc) is 3.80. The third-order valence-corrected chi connectivity index (χ3v) is 16.2. The first-order chi connectivity index (χ1) is 32.6. The Morgan fingerprint density at radius 3 is 1.48 bits per heavy atom. The van der Waals surface area contributed by atoms with Gasteiger partial charge in [-0.15, -0.1) is 0 Å². The molecular weight excluding hydrogens is 799 g/mol. The number of aromatic nitrogens is 3. The van der Waals surface area contributed by atoms with E-state index in [9.17, 15) is 0 Å². The summed E-state index contributed by atoms with van der Waals surface area (Å²) in [5.74, 6) is 3.03. The summed E-state index contributed by atoms with van der Waals surface area (Å²) in [6, 6.07) is 64.1. The van der Waals surface area contributed by atoms with E-state index in [1.807, 2.05) is 24.3 Å². The Hall–Kier alpha value is -6.97. The number of hydrogen-bond acceptors (Lipinski definition) is 3. The SMILES string of the molecule is C1=C2C(=CC3c4ccccc4C4(CCCCC4)C13)C1(CCCCC1)c1cc(-c3cccc(-c4ccc(-c5nc(-c6ccccc6)nc(-c6ccc(-c7ccccc7)cc6)n5)cc4)c3)ccc12. The highest BCUT2D eigenvalue weighted by Crippen LogP contribution is 2.66. The van der Waals surface area contributed by atoms with Crippen LogP contribution < -0.4 is 0 Å². The third kappa shape index (κ3) is 6.42. The largest absolute Gasteiger partial charge is 0.208 e. The van der Waals surface area contributed by atoms with Crippen LogP contribution in [0.4, 0.5) is 0 Å². The molecule has 0 radical (unpaired) electrons. The molecule has 7 aromatic carbocycles. The topological polar surface area (TPSA) is 38.7 Å². The van der Waals surface area contributed by atoms with E-state index in [1.54, 1.807) is 27.8 Å². The van der Waals surface area contributed by atoms with E-state index >= 15 is 0 Å². The van der Waals surface area contributed by atoms with Crippen molar-refractivity contribution in [2.24, 2.45) is 5.92 Å². The second-order valence-electron chi connectivity index (χ2n) is 19.7. The van der Waals surface area contributed by atoms with Crippen LogP contribution in [0, 0.1) is 5.92 Å². The zero-order chi connectivity index (χ0) is 43.7. The highest BCUT2D eigenvalue weighted by Gasteiger charge is 2.55. The molecule has 8 aromatic rings. The van der Waals surface area contributed by atoms with Crippen molar-refractivity contribution in [3.05, 3.63) is 216 Å². The van der Waals surface area contributed by atoms with Crippen molar-refractivity contribution >= 4 is 5.57 Å². The Bertz CT molecular complexity index is 3180. The molecule has 2 spiro atoms. The van der Waals surface area contributed by atoms with Gasteiger partial charge in [0.25, 0.3) is 0 Å². The molecule has 2 atom stereocenters. The maximum absolute atomic E-state index is 5.07. The molecule has 5 aliphatic rings. The molecule has 66 heavy (non-hydrogen) atoms. The number of hydrogen-bond donors (Lipinski definition) is 0. The molecule has 13 rings (SSSR count). The van der Waals surface area contributed by atoms with Crippen LogP contribution in [-0.4, -0.2) is 15.0 Å². The van der Waals surface area contributed by atoms with Crippen LogP contribution in [0.15, 0.2) is 194 Å². The lowest BCUT2D eigenvalue weighted by Gasteiger charge is -2.43. The molecule has 1 aromatic heterocycles. The molecule has 2 unspecified atom stereocenters.